The van der Waals surface area contributed by atoms with E-state index in [4.69, 9.17) is 5.73 Å². The highest BCUT2D eigenvalue weighted by atomic mass is 32.2. The van der Waals surface area contributed by atoms with Gasteiger partial charge in [-0.05, 0) is 37.1 Å². The first-order chi connectivity index (χ1) is 9.56. The lowest BCUT2D eigenvalue weighted by Gasteiger charge is -2.06. The molecule has 0 radical (unpaired) electrons. The van der Waals surface area contributed by atoms with Crippen molar-refractivity contribution in [1.29, 1.82) is 0 Å². The number of hydrogen-bond donors (Lipinski definition) is 1. The minimum Gasteiger partial charge on any atom is -0.325 e. The Labute approximate surface area is 122 Å². The topological polar surface area (TPSA) is 56.0 Å². The molecule has 1 heterocycles. The van der Waals surface area contributed by atoms with E-state index >= 15 is 0 Å². The Morgan fingerprint density at radius 1 is 1.05 bits per heavy atom. The lowest BCUT2D eigenvalue weighted by molar-refractivity contribution is 0.682. The third-order valence-corrected chi connectivity index (χ3v) is 4.34. The molecule has 2 N–H and O–H groups in total. The second-order valence-corrected chi connectivity index (χ2v) is 6.54. The molecule has 0 saturated carbocycles. The fraction of sp³-hybridized carbons (Fsp3) is 0.312. The van der Waals surface area contributed by atoms with Crippen molar-refractivity contribution in [3.63, 3.8) is 0 Å². The Bertz CT molecular complexity index is 605. The molecule has 3 nitrogen and oxygen atoms in total. The molecule has 20 heavy (non-hydrogen) atoms. The Hall–Kier alpha value is -1.52. The van der Waals surface area contributed by atoms with Crippen molar-refractivity contribution in [3.05, 3.63) is 64.5 Å². The van der Waals surface area contributed by atoms with Crippen LogP contribution in [0.4, 0.5) is 0 Å². The molecule has 0 aliphatic rings. The second kappa shape index (κ2) is 6.77. The number of nitrogens with zero attached hydrogens (tertiary/aromatic N) is 1. The lowest BCUT2D eigenvalue weighted by Crippen LogP contribution is -2.03. The number of rotatable bonds is 5. The van der Waals surface area contributed by atoms with Crippen molar-refractivity contribution < 1.29 is 4.21 Å². The van der Waals surface area contributed by atoms with Gasteiger partial charge in [0.2, 0.25) is 0 Å². The van der Waals surface area contributed by atoms with Gasteiger partial charge in [0.05, 0.1) is 5.69 Å². The van der Waals surface area contributed by atoms with Crippen molar-refractivity contribution in [1.82, 2.24) is 4.98 Å². The van der Waals surface area contributed by atoms with E-state index < -0.39 is 10.8 Å². The van der Waals surface area contributed by atoms with Crippen molar-refractivity contribution in [2.24, 2.45) is 5.73 Å². The van der Waals surface area contributed by atoms with E-state index in [0.29, 0.717) is 18.1 Å². The summed E-state index contributed by atoms with van der Waals surface area (Å²) >= 11 is 0. The highest BCUT2D eigenvalue weighted by molar-refractivity contribution is 7.83. The number of nitrogens with two attached hydrogens (primary N) is 1. The maximum atomic E-state index is 12.3. The zero-order chi connectivity index (χ0) is 14.5. The fourth-order valence-electron chi connectivity index (χ4n) is 2.30. The van der Waals surface area contributed by atoms with Crippen molar-refractivity contribution in [2.45, 2.75) is 31.9 Å². The van der Waals surface area contributed by atoms with Crippen LogP contribution in [0.15, 0.2) is 36.5 Å². The molecule has 2 rings (SSSR count). The molecule has 1 atom stereocenters. The van der Waals surface area contributed by atoms with Gasteiger partial charge in [0.15, 0.2) is 0 Å². The highest BCUT2D eigenvalue weighted by Gasteiger charge is 2.05. The summed E-state index contributed by atoms with van der Waals surface area (Å²) in [5, 5.41) is 0. The Balaban J connectivity index is 2.04. The normalized spacial score (nSPS) is 12.3. The van der Waals surface area contributed by atoms with Crippen LogP contribution < -0.4 is 5.73 Å². The molecule has 2 aromatic rings. The van der Waals surface area contributed by atoms with Crippen LogP contribution in [-0.4, -0.2) is 9.19 Å². The molecule has 106 valence electrons. The maximum absolute atomic E-state index is 12.3. The molecule has 0 bridgehead atoms. The van der Waals surface area contributed by atoms with Gasteiger partial charge in [-0.1, -0.05) is 29.3 Å². The van der Waals surface area contributed by atoms with Gasteiger partial charge < -0.3 is 5.73 Å². The number of benzene rings is 1. The summed E-state index contributed by atoms with van der Waals surface area (Å²) in [5.41, 5.74) is 11.0. The fourth-order valence-corrected chi connectivity index (χ4v) is 3.50. The predicted molar refractivity (Wildman–Crippen MR) is 83.6 cm³/mol. The molecule has 0 fully saturated rings. The minimum absolute atomic E-state index is 0.414. The first-order valence-electron chi connectivity index (χ1n) is 6.63. The van der Waals surface area contributed by atoms with E-state index in [-0.39, 0.29) is 0 Å². The Morgan fingerprint density at radius 2 is 1.70 bits per heavy atom. The van der Waals surface area contributed by atoms with Crippen LogP contribution in [0.3, 0.4) is 0 Å². The molecule has 1 aromatic heterocycles. The van der Waals surface area contributed by atoms with E-state index in [2.05, 4.69) is 37.0 Å². The zero-order valence-corrected chi connectivity index (χ0v) is 12.7. The molecule has 0 amide bonds. The summed E-state index contributed by atoms with van der Waals surface area (Å²) in [7, 11) is -0.917. The second-order valence-electron chi connectivity index (χ2n) is 5.08. The van der Waals surface area contributed by atoms with E-state index in [1.165, 1.54) is 11.1 Å². The van der Waals surface area contributed by atoms with Gasteiger partial charge in [0.1, 0.15) is 0 Å². The molecule has 1 unspecified atom stereocenters. The van der Waals surface area contributed by atoms with Crippen LogP contribution in [0.5, 0.6) is 0 Å². The Kier molecular flexibility index (Phi) is 5.04. The third kappa shape index (κ3) is 4.25. The van der Waals surface area contributed by atoms with Gasteiger partial charge in [-0.2, -0.15) is 0 Å². The molecule has 4 heteroatoms. The van der Waals surface area contributed by atoms with Gasteiger partial charge in [-0.25, -0.2) is 0 Å². The summed E-state index contributed by atoms with van der Waals surface area (Å²) in [6, 6.07) is 10.2. The maximum Gasteiger partial charge on any atom is 0.0542 e. The van der Waals surface area contributed by atoms with Crippen molar-refractivity contribution >= 4 is 10.8 Å². The molecule has 0 spiro atoms. The SMILES string of the molecule is Cc1cc(C)cc(CS(=O)Cc2ccnc(CN)c2)c1. The number of hydrogen-bond acceptors (Lipinski definition) is 3. The van der Waals surface area contributed by atoms with Gasteiger partial charge in [0, 0.05) is 35.0 Å². The van der Waals surface area contributed by atoms with Crippen molar-refractivity contribution in [3.8, 4) is 0 Å². The summed E-state index contributed by atoms with van der Waals surface area (Å²) in [4.78, 5) is 4.15. The van der Waals surface area contributed by atoms with Crippen LogP contribution >= 0.6 is 0 Å². The summed E-state index contributed by atoms with van der Waals surface area (Å²) in [5.74, 6) is 1.13. The van der Waals surface area contributed by atoms with Crippen LogP contribution in [-0.2, 0) is 28.9 Å². The summed E-state index contributed by atoms with van der Waals surface area (Å²) in [6.45, 7) is 4.54. The van der Waals surface area contributed by atoms with Gasteiger partial charge in [-0.3, -0.25) is 9.19 Å². The molecular formula is C16H20N2OS. The van der Waals surface area contributed by atoms with E-state index in [0.717, 1.165) is 16.8 Å². The predicted octanol–water partition coefficient (Wildman–Crippen LogP) is 2.61. The third-order valence-electron chi connectivity index (χ3n) is 3.03. The molecule has 0 aliphatic carbocycles. The van der Waals surface area contributed by atoms with Crippen LogP contribution in [0.1, 0.15) is 27.9 Å². The molecule has 0 saturated heterocycles. The average molecular weight is 288 g/mol. The lowest BCUT2D eigenvalue weighted by atomic mass is 10.1. The monoisotopic (exact) mass is 288 g/mol. The zero-order valence-electron chi connectivity index (χ0n) is 11.9. The summed E-state index contributed by atoms with van der Waals surface area (Å²) in [6.07, 6.45) is 1.73. The molecule has 0 aliphatic heterocycles. The van der Waals surface area contributed by atoms with Gasteiger partial charge in [-0.15, -0.1) is 0 Å². The first kappa shape index (κ1) is 14.9. The Morgan fingerprint density at radius 3 is 2.35 bits per heavy atom. The van der Waals surface area contributed by atoms with E-state index in [1.54, 1.807) is 6.20 Å². The standard InChI is InChI=1S/C16H20N2OS/c1-12-5-13(2)7-15(6-12)11-20(19)10-14-3-4-18-16(8-14)9-17/h3-8H,9-11,17H2,1-2H3. The minimum atomic E-state index is -0.917. The van der Waals surface area contributed by atoms with E-state index in [1.807, 2.05) is 12.1 Å². The first-order valence-corrected chi connectivity index (χ1v) is 8.11. The van der Waals surface area contributed by atoms with E-state index in [9.17, 15) is 4.21 Å². The van der Waals surface area contributed by atoms with Crippen molar-refractivity contribution in [2.75, 3.05) is 0 Å². The largest absolute Gasteiger partial charge is 0.325 e. The summed E-state index contributed by atoms with van der Waals surface area (Å²) < 4.78 is 12.3. The molecular weight excluding hydrogens is 268 g/mol. The quantitative estimate of drug-likeness (QED) is 0.920. The van der Waals surface area contributed by atoms with Crippen LogP contribution in [0.2, 0.25) is 0 Å². The molecule has 1 aromatic carbocycles. The van der Waals surface area contributed by atoms with Crippen LogP contribution in [0, 0.1) is 13.8 Å². The van der Waals surface area contributed by atoms with Crippen LogP contribution in [0.25, 0.3) is 0 Å². The van der Waals surface area contributed by atoms with Gasteiger partial charge >= 0.3 is 0 Å². The van der Waals surface area contributed by atoms with Gasteiger partial charge in [0.25, 0.3) is 0 Å². The number of aromatic nitrogens is 1. The number of pyridine rings is 1. The smallest absolute Gasteiger partial charge is 0.0542 e. The number of aryl methyl sites for hydroxylation is 2. The average Bonchev–Trinajstić information content (AvgIpc) is 2.37. The highest BCUT2D eigenvalue weighted by Crippen LogP contribution is 2.13.